The minimum Gasteiger partial charge on any atom is -0.324 e. The number of carbonyl (C=O) groups is 1. The van der Waals surface area contributed by atoms with Crippen molar-refractivity contribution < 1.29 is 13.2 Å². The second-order valence-corrected chi connectivity index (χ2v) is 8.54. The Labute approximate surface area is 148 Å². The Hall–Kier alpha value is -1.15. The highest BCUT2D eigenvalue weighted by molar-refractivity contribution is 7.88. The monoisotopic (exact) mass is 373 g/mol. The van der Waals surface area contributed by atoms with Crippen LogP contribution in [0.15, 0.2) is 18.2 Å². The summed E-state index contributed by atoms with van der Waals surface area (Å²) in [5, 5.41) is 3.50. The van der Waals surface area contributed by atoms with Crippen LogP contribution >= 0.6 is 11.6 Å². The summed E-state index contributed by atoms with van der Waals surface area (Å²) in [6.45, 7) is 5.13. The van der Waals surface area contributed by atoms with Gasteiger partial charge < -0.3 is 5.32 Å². The topological polar surface area (TPSA) is 78.5 Å². The zero-order chi connectivity index (χ0) is 17.9. The second kappa shape index (κ2) is 7.82. The number of likely N-dealkylation sites (tertiary alicyclic amines) is 1. The third-order valence-electron chi connectivity index (χ3n) is 4.29. The van der Waals surface area contributed by atoms with E-state index < -0.39 is 10.0 Å². The van der Waals surface area contributed by atoms with E-state index in [4.69, 9.17) is 11.6 Å². The van der Waals surface area contributed by atoms with Gasteiger partial charge in [-0.05, 0) is 44.4 Å². The van der Waals surface area contributed by atoms with E-state index >= 15 is 0 Å². The SMILES string of the molecule is Cc1ccc(Cl)cc1NC(=O)C(C)N1CCC(NS(C)(=O)=O)CC1. The predicted molar refractivity (Wildman–Crippen MR) is 96.9 cm³/mol. The zero-order valence-corrected chi connectivity index (χ0v) is 15.7. The first-order valence-corrected chi connectivity index (χ1v) is 10.2. The van der Waals surface area contributed by atoms with Crippen molar-refractivity contribution in [3.05, 3.63) is 28.8 Å². The maximum Gasteiger partial charge on any atom is 0.241 e. The summed E-state index contributed by atoms with van der Waals surface area (Å²) in [6.07, 6.45) is 2.56. The number of rotatable bonds is 5. The third-order valence-corrected chi connectivity index (χ3v) is 5.29. The Kier molecular flexibility index (Phi) is 6.25. The van der Waals surface area contributed by atoms with Crippen molar-refractivity contribution in [2.45, 2.75) is 38.8 Å². The number of anilines is 1. The van der Waals surface area contributed by atoms with Crippen molar-refractivity contribution in [1.82, 2.24) is 9.62 Å². The number of halogens is 1. The van der Waals surface area contributed by atoms with E-state index in [9.17, 15) is 13.2 Å². The fourth-order valence-corrected chi connectivity index (χ4v) is 3.85. The zero-order valence-electron chi connectivity index (χ0n) is 14.2. The first kappa shape index (κ1) is 19.2. The first-order valence-electron chi connectivity index (χ1n) is 7.94. The molecule has 1 atom stereocenters. The minimum absolute atomic E-state index is 0.0540. The van der Waals surface area contributed by atoms with Crippen molar-refractivity contribution in [3.8, 4) is 0 Å². The van der Waals surface area contributed by atoms with E-state index in [1.165, 1.54) is 6.26 Å². The molecule has 0 spiro atoms. The number of sulfonamides is 1. The van der Waals surface area contributed by atoms with Gasteiger partial charge in [0.1, 0.15) is 0 Å². The summed E-state index contributed by atoms with van der Waals surface area (Å²) >= 11 is 5.98. The number of benzene rings is 1. The molecule has 1 amide bonds. The molecular formula is C16H24ClN3O3S. The standard InChI is InChI=1S/C16H24ClN3O3S/c1-11-4-5-13(17)10-15(11)18-16(21)12(2)20-8-6-14(7-9-20)19-24(3,22)23/h4-5,10,12,14,19H,6-9H2,1-3H3,(H,18,21). The fraction of sp³-hybridized carbons (Fsp3) is 0.562. The Morgan fingerprint density at radius 3 is 2.54 bits per heavy atom. The van der Waals surface area contributed by atoms with Gasteiger partial charge in [-0.1, -0.05) is 17.7 Å². The smallest absolute Gasteiger partial charge is 0.241 e. The highest BCUT2D eigenvalue weighted by Crippen LogP contribution is 2.21. The van der Waals surface area contributed by atoms with E-state index in [1.54, 1.807) is 12.1 Å². The summed E-state index contributed by atoms with van der Waals surface area (Å²) in [4.78, 5) is 14.5. The van der Waals surface area contributed by atoms with Crippen LogP contribution in [0, 0.1) is 6.92 Å². The molecule has 0 saturated carbocycles. The molecule has 1 saturated heterocycles. The molecule has 1 unspecified atom stereocenters. The highest BCUT2D eigenvalue weighted by atomic mass is 35.5. The van der Waals surface area contributed by atoms with E-state index in [2.05, 4.69) is 14.9 Å². The quantitative estimate of drug-likeness (QED) is 0.827. The van der Waals surface area contributed by atoms with E-state index in [0.29, 0.717) is 36.6 Å². The molecule has 1 aliphatic heterocycles. The van der Waals surface area contributed by atoms with Gasteiger partial charge in [0.25, 0.3) is 0 Å². The fourth-order valence-electron chi connectivity index (χ4n) is 2.84. The number of piperidine rings is 1. The number of hydrogen-bond donors (Lipinski definition) is 2. The first-order chi connectivity index (χ1) is 11.2. The maximum absolute atomic E-state index is 12.5. The maximum atomic E-state index is 12.5. The van der Waals surface area contributed by atoms with E-state index in [-0.39, 0.29) is 18.0 Å². The minimum atomic E-state index is -3.19. The molecule has 134 valence electrons. The molecule has 0 aromatic heterocycles. The van der Waals surface area contributed by atoms with E-state index in [0.717, 1.165) is 5.56 Å². The van der Waals surface area contributed by atoms with Gasteiger partial charge in [0, 0.05) is 29.8 Å². The van der Waals surface area contributed by atoms with Crippen LogP contribution in [0.25, 0.3) is 0 Å². The Morgan fingerprint density at radius 1 is 1.33 bits per heavy atom. The Bertz CT molecular complexity index is 701. The van der Waals surface area contributed by atoms with Crippen LogP contribution in [-0.2, 0) is 14.8 Å². The number of aryl methyl sites for hydroxylation is 1. The van der Waals surface area contributed by atoms with Gasteiger partial charge in [0.15, 0.2) is 0 Å². The molecular weight excluding hydrogens is 350 g/mol. The molecule has 1 aromatic carbocycles. The molecule has 1 heterocycles. The highest BCUT2D eigenvalue weighted by Gasteiger charge is 2.27. The largest absolute Gasteiger partial charge is 0.324 e. The molecule has 1 aromatic rings. The normalized spacial score (nSPS) is 18.3. The Balaban J connectivity index is 1.91. The summed E-state index contributed by atoms with van der Waals surface area (Å²) in [7, 11) is -3.19. The van der Waals surface area contributed by atoms with Crippen molar-refractivity contribution in [2.75, 3.05) is 24.7 Å². The van der Waals surface area contributed by atoms with Gasteiger partial charge >= 0.3 is 0 Å². The lowest BCUT2D eigenvalue weighted by molar-refractivity contribution is -0.121. The van der Waals surface area contributed by atoms with Crippen molar-refractivity contribution in [1.29, 1.82) is 0 Å². The van der Waals surface area contributed by atoms with Crippen LogP contribution in [0.2, 0.25) is 5.02 Å². The van der Waals surface area contributed by atoms with Crippen molar-refractivity contribution >= 4 is 33.2 Å². The Morgan fingerprint density at radius 2 is 1.96 bits per heavy atom. The molecule has 8 heteroatoms. The number of nitrogens with zero attached hydrogens (tertiary/aromatic N) is 1. The van der Waals surface area contributed by atoms with Gasteiger partial charge in [-0.3, -0.25) is 9.69 Å². The van der Waals surface area contributed by atoms with Crippen molar-refractivity contribution in [2.24, 2.45) is 0 Å². The van der Waals surface area contributed by atoms with Crippen LogP contribution in [-0.4, -0.2) is 50.7 Å². The van der Waals surface area contributed by atoms with E-state index in [1.807, 2.05) is 19.9 Å². The van der Waals surface area contributed by atoms with Gasteiger partial charge in [0.2, 0.25) is 15.9 Å². The number of nitrogens with one attached hydrogen (secondary N) is 2. The lowest BCUT2D eigenvalue weighted by Crippen LogP contribution is -2.50. The summed E-state index contributed by atoms with van der Waals surface area (Å²) in [5.41, 5.74) is 1.67. The number of carbonyl (C=O) groups excluding carboxylic acids is 1. The molecule has 1 fully saturated rings. The number of hydrogen-bond acceptors (Lipinski definition) is 4. The van der Waals surface area contributed by atoms with Gasteiger partial charge in [-0.25, -0.2) is 13.1 Å². The van der Waals surface area contributed by atoms with Crippen molar-refractivity contribution in [3.63, 3.8) is 0 Å². The average molecular weight is 374 g/mol. The number of amides is 1. The summed E-state index contributed by atoms with van der Waals surface area (Å²) < 4.78 is 25.2. The molecule has 0 bridgehead atoms. The summed E-state index contributed by atoms with van der Waals surface area (Å²) in [6, 6.07) is 5.05. The van der Waals surface area contributed by atoms with Crippen LogP contribution < -0.4 is 10.0 Å². The average Bonchev–Trinajstić information content (AvgIpc) is 2.49. The van der Waals surface area contributed by atoms with Crippen LogP contribution in [0.5, 0.6) is 0 Å². The lowest BCUT2D eigenvalue weighted by atomic mass is 10.0. The molecule has 1 aliphatic rings. The van der Waals surface area contributed by atoms with Gasteiger partial charge in [0.05, 0.1) is 12.3 Å². The molecule has 0 aliphatic carbocycles. The van der Waals surface area contributed by atoms with Crippen LogP contribution in [0.3, 0.4) is 0 Å². The van der Waals surface area contributed by atoms with Crippen LogP contribution in [0.4, 0.5) is 5.69 Å². The molecule has 0 radical (unpaired) electrons. The second-order valence-electron chi connectivity index (χ2n) is 6.32. The van der Waals surface area contributed by atoms with Gasteiger partial charge in [-0.2, -0.15) is 0 Å². The van der Waals surface area contributed by atoms with Crippen LogP contribution in [0.1, 0.15) is 25.3 Å². The third kappa shape index (κ3) is 5.44. The predicted octanol–water partition coefficient (Wildman–Crippen LogP) is 1.99. The molecule has 2 N–H and O–H groups in total. The summed E-state index contributed by atoms with van der Waals surface area (Å²) in [5.74, 6) is -0.0881. The molecule has 24 heavy (non-hydrogen) atoms. The lowest BCUT2D eigenvalue weighted by Gasteiger charge is -2.35. The van der Waals surface area contributed by atoms with Gasteiger partial charge in [-0.15, -0.1) is 0 Å². The molecule has 6 nitrogen and oxygen atoms in total. The molecule has 2 rings (SSSR count).